The van der Waals surface area contributed by atoms with E-state index in [1.54, 1.807) is 0 Å². The first-order valence-electron chi connectivity index (χ1n) is 5.42. The highest BCUT2D eigenvalue weighted by Crippen LogP contribution is 2.21. The van der Waals surface area contributed by atoms with Crippen molar-refractivity contribution in [1.82, 2.24) is 10.6 Å². The second kappa shape index (κ2) is 4.21. The highest BCUT2D eigenvalue weighted by molar-refractivity contribution is 6.06. The number of nitrogens with one attached hydrogen (secondary N) is 2. The van der Waals surface area contributed by atoms with E-state index in [2.05, 4.69) is 29.5 Å². The van der Waals surface area contributed by atoms with Crippen molar-refractivity contribution in [3.8, 4) is 0 Å². The number of rotatable bonds is 2. The molecule has 1 saturated heterocycles. The molecule has 2 N–H and O–H groups in total. The zero-order valence-corrected chi connectivity index (χ0v) is 10.2. The van der Waals surface area contributed by atoms with Crippen LogP contribution in [0.1, 0.15) is 34.6 Å². The summed E-state index contributed by atoms with van der Waals surface area (Å²) >= 11 is 0. The molecule has 1 amide bonds. The van der Waals surface area contributed by atoms with Gasteiger partial charge in [0, 0.05) is 6.54 Å². The van der Waals surface area contributed by atoms with Gasteiger partial charge in [0.05, 0.1) is 0 Å². The smallest absolute Gasteiger partial charge is 0.249 e. The fourth-order valence-electron chi connectivity index (χ4n) is 1.40. The third kappa shape index (κ3) is 3.22. The molecule has 0 aliphatic carbocycles. The summed E-state index contributed by atoms with van der Waals surface area (Å²) in [6, 6.07) is -0.177. The van der Waals surface area contributed by atoms with Crippen molar-refractivity contribution >= 4 is 11.9 Å². The molecule has 0 spiro atoms. The average Bonchev–Trinajstić information content (AvgIpc) is 2.42. The van der Waals surface area contributed by atoms with Crippen LogP contribution in [-0.2, 0) is 4.79 Å². The lowest BCUT2D eigenvalue weighted by atomic mass is 9.87. The molecule has 0 aromatic carbocycles. The number of hydrogen-bond acceptors (Lipinski definition) is 2. The Labute approximate surface area is 91.5 Å². The molecule has 1 atom stereocenters. The summed E-state index contributed by atoms with van der Waals surface area (Å²) in [5.74, 6) is 1.14. The fraction of sp³-hybridized carbons (Fsp3) is 0.818. The zero-order valence-electron chi connectivity index (χ0n) is 10.2. The third-order valence-electron chi connectivity index (χ3n) is 2.27. The van der Waals surface area contributed by atoms with Crippen LogP contribution in [0.4, 0.5) is 0 Å². The van der Waals surface area contributed by atoms with Crippen molar-refractivity contribution in [2.45, 2.75) is 40.7 Å². The Morgan fingerprint density at radius 3 is 2.40 bits per heavy atom. The van der Waals surface area contributed by atoms with Gasteiger partial charge < -0.3 is 5.32 Å². The van der Waals surface area contributed by atoms with Crippen LogP contribution in [0.2, 0.25) is 0 Å². The number of nitrogens with zero attached hydrogens (tertiary/aromatic N) is 1. The molecule has 0 saturated carbocycles. The molecule has 0 bridgehead atoms. The molecule has 1 fully saturated rings. The first kappa shape index (κ1) is 12.0. The van der Waals surface area contributed by atoms with Crippen LogP contribution in [0, 0.1) is 11.3 Å². The van der Waals surface area contributed by atoms with Gasteiger partial charge in [-0.2, -0.15) is 0 Å². The van der Waals surface area contributed by atoms with Gasteiger partial charge in [0.25, 0.3) is 0 Å². The number of hydrogen-bond donors (Lipinski definition) is 2. The lowest BCUT2D eigenvalue weighted by molar-refractivity contribution is -0.122. The Bertz CT molecular complexity index is 276. The second-order valence-electron chi connectivity index (χ2n) is 5.52. The standard InChI is InChI=1S/C11H21N3O/c1-7(2)6-12-10-13-8(9(15)14-10)11(3,4)5/h7-8H,6H2,1-5H3,(H2,12,13,14,15). The lowest BCUT2D eigenvalue weighted by Crippen LogP contribution is -2.41. The molecule has 4 nitrogen and oxygen atoms in total. The minimum atomic E-state index is -0.177. The largest absolute Gasteiger partial charge is 0.344 e. The molecule has 4 heteroatoms. The lowest BCUT2D eigenvalue weighted by Gasteiger charge is -2.23. The highest BCUT2D eigenvalue weighted by atomic mass is 16.2. The van der Waals surface area contributed by atoms with E-state index in [1.165, 1.54) is 0 Å². The molecule has 1 unspecified atom stereocenters. The van der Waals surface area contributed by atoms with E-state index >= 15 is 0 Å². The van der Waals surface area contributed by atoms with Crippen molar-refractivity contribution in [3.05, 3.63) is 0 Å². The minimum Gasteiger partial charge on any atom is -0.344 e. The Morgan fingerprint density at radius 1 is 1.40 bits per heavy atom. The second-order valence-corrected chi connectivity index (χ2v) is 5.52. The van der Waals surface area contributed by atoms with Crippen LogP contribution in [0.25, 0.3) is 0 Å². The van der Waals surface area contributed by atoms with Gasteiger partial charge in [0.2, 0.25) is 5.91 Å². The summed E-state index contributed by atoms with van der Waals surface area (Å²) in [5.41, 5.74) is -0.0841. The molecule has 15 heavy (non-hydrogen) atoms. The maximum atomic E-state index is 11.6. The van der Waals surface area contributed by atoms with E-state index < -0.39 is 0 Å². The van der Waals surface area contributed by atoms with Gasteiger partial charge in [-0.15, -0.1) is 0 Å². The van der Waals surface area contributed by atoms with Crippen LogP contribution in [0.5, 0.6) is 0 Å². The number of carbonyl (C=O) groups excluding carboxylic acids is 1. The summed E-state index contributed by atoms with van der Waals surface area (Å²) in [5, 5.41) is 5.89. The Hall–Kier alpha value is -1.06. The summed E-state index contributed by atoms with van der Waals surface area (Å²) in [7, 11) is 0. The Morgan fingerprint density at radius 2 is 2.00 bits per heavy atom. The average molecular weight is 211 g/mol. The molecule has 86 valence electrons. The quantitative estimate of drug-likeness (QED) is 0.719. The van der Waals surface area contributed by atoms with E-state index in [4.69, 9.17) is 0 Å². The first-order chi connectivity index (χ1) is 6.80. The van der Waals surface area contributed by atoms with Gasteiger partial charge in [-0.25, -0.2) is 0 Å². The van der Waals surface area contributed by atoms with Gasteiger partial charge in [-0.3, -0.25) is 15.1 Å². The normalized spacial score (nSPS) is 24.5. The van der Waals surface area contributed by atoms with Gasteiger partial charge >= 0.3 is 0 Å². The van der Waals surface area contributed by atoms with Gasteiger partial charge in [0.15, 0.2) is 5.96 Å². The zero-order chi connectivity index (χ0) is 11.6. The Balaban J connectivity index is 2.64. The van der Waals surface area contributed by atoms with Crippen molar-refractivity contribution in [3.63, 3.8) is 0 Å². The van der Waals surface area contributed by atoms with Crippen LogP contribution >= 0.6 is 0 Å². The minimum absolute atomic E-state index is 0.0185. The summed E-state index contributed by atoms with van der Waals surface area (Å²) in [6.45, 7) is 11.0. The number of carbonyl (C=O) groups is 1. The van der Waals surface area contributed by atoms with E-state index in [1.807, 2.05) is 20.8 Å². The van der Waals surface area contributed by atoms with Crippen LogP contribution < -0.4 is 10.6 Å². The topological polar surface area (TPSA) is 53.5 Å². The molecule has 1 aliphatic rings. The predicted molar refractivity (Wildman–Crippen MR) is 61.7 cm³/mol. The van der Waals surface area contributed by atoms with Crippen molar-refractivity contribution in [2.24, 2.45) is 16.3 Å². The summed E-state index contributed by atoms with van der Waals surface area (Å²) in [4.78, 5) is 15.9. The summed E-state index contributed by atoms with van der Waals surface area (Å²) in [6.07, 6.45) is 0. The van der Waals surface area contributed by atoms with Crippen molar-refractivity contribution < 1.29 is 4.79 Å². The molecule has 1 rings (SSSR count). The van der Waals surface area contributed by atoms with Crippen molar-refractivity contribution in [2.75, 3.05) is 6.54 Å². The van der Waals surface area contributed by atoms with Gasteiger partial charge in [-0.1, -0.05) is 34.6 Å². The molecule has 1 aliphatic heterocycles. The first-order valence-corrected chi connectivity index (χ1v) is 5.42. The number of guanidine groups is 1. The van der Waals surface area contributed by atoms with Gasteiger partial charge in [-0.05, 0) is 11.3 Å². The molecule has 0 aromatic rings. The monoisotopic (exact) mass is 211 g/mol. The SMILES string of the molecule is CC(C)CN=C1NC(=O)C(C(C)(C)C)N1. The molecule has 0 aromatic heterocycles. The Kier molecular flexibility index (Phi) is 3.37. The number of amides is 1. The van der Waals surface area contributed by atoms with Crippen LogP contribution in [0.3, 0.4) is 0 Å². The summed E-state index contributed by atoms with van der Waals surface area (Å²) < 4.78 is 0. The third-order valence-corrected chi connectivity index (χ3v) is 2.27. The molecular formula is C11H21N3O. The maximum Gasteiger partial charge on any atom is 0.249 e. The van der Waals surface area contributed by atoms with E-state index in [0.29, 0.717) is 11.9 Å². The molecule has 0 radical (unpaired) electrons. The molecule has 1 heterocycles. The van der Waals surface area contributed by atoms with Crippen LogP contribution in [0.15, 0.2) is 4.99 Å². The highest BCUT2D eigenvalue weighted by Gasteiger charge is 2.37. The number of aliphatic imine (C=N–C) groups is 1. The van der Waals surface area contributed by atoms with Gasteiger partial charge in [0.1, 0.15) is 6.04 Å². The molecular weight excluding hydrogens is 190 g/mol. The fourth-order valence-corrected chi connectivity index (χ4v) is 1.40. The van der Waals surface area contributed by atoms with Crippen LogP contribution in [-0.4, -0.2) is 24.5 Å². The van der Waals surface area contributed by atoms with E-state index in [-0.39, 0.29) is 17.4 Å². The predicted octanol–water partition coefficient (Wildman–Crippen LogP) is 1.13. The van der Waals surface area contributed by atoms with Crippen molar-refractivity contribution in [1.29, 1.82) is 0 Å². The van der Waals surface area contributed by atoms with E-state index in [0.717, 1.165) is 6.54 Å². The maximum absolute atomic E-state index is 11.6. The van der Waals surface area contributed by atoms with E-state index in [9.17, 15) is 4.79 Å².